The van der Waals surface area contributed by atoms with Gasteiger partial charge in [-0.15, -0.1) is 0 Å². The third-order valence-corrected chi connectivity index (χ3v) is 6.07. The van der Waals surface area contributed by atoms with Crippen LogP contribution in [0.2, 0.25) is 0 Å². The van der Waals surface area contributed by atoms with E-state index in [-0.39, 0.29) is 23.6 Å². The van der Waals surface area contributed by atoms with Crippen LogP contribution < -0.4 is 9.47 Å². The maximum Gasteiger partial charge on any atom is 0.289 e. The van der Waals surface area contributed by atoms with Crippen LogP contribution in [0.25, 0.3) is 0 Å². The van der Waals surface area contributed by atoms with Crippen molar-refractivity contribution in [2.24, 2.45) is 0 Å². The minimum absolute atomic E-state index is 0.159. The molecule has 1 atom stereocenters. The molecule has 2 aromatic rings. The van der Waals surface area contributed by atoms with Crippen molar-refractivity contribution in [2.75, 3.05) is 13.2 Å². The lowest BCUT2D eigenvalue weighted by molar-refractivity contribution is -0.126. The highest BCUT2D eigenvalue weighted by Gasteiger charge is 2.38. The third-order valence-electron chi connectivity index (χ3n) is 4.41. The van der Waals surface area contributed by atoms with Crippen LogP contribution in [0.15, 0.2) is 40.9 Å². The maximum absolute atomic E-state index is 13.1. The molecule has 0 aliphatic carbocycles. The highest BCUT2D eigenvalue weighted by atomic mass is 79.9. The smallest absolute Gasteiger partial charge is 0.289 e. The highest BCUT2D eigenvalue weighted by molar-refractivity contribution is 9.10. The SMILES string of the molecule is CCOc1cc(C[C@@H]2SC(=O)N(CC)C2=O)cc(Br)c1OCc1ccc(F)cc1. The molecule has 2 aromatic carbocycles. The first-order chi connectivity index (χ1) is 13.9. The van der Waals surface area contributed by atoms with Crippen LogP contribution in [0.5, 0.6) is 11.5 Å². The maximum atomic E-state index is 13.1. The summed E-state index contributed by atoms with van der Waals surface area (Å²) in [5.41, 5.74) is 1.70. The van der Waals surface area contributed by atoms with E-state index in [9.17, 15) is 14.0 Å². The normalized spacial score (nSPS) is 16.4. The van der Waals surface area contributed by atoms with Gasteiger partial charge in [-0.2, -0.15) is 0 Å². The predicted molar refractivity (Wildman–Crippen MR) is 114 cm³/mol. The number of hydrogen-bond donors (Lipinski definition) is 0. The van der Waals surface area contributed by atoms with E-state index in [0.29, 0.717) is 35.5 Å². The number of carbonyl (C=O) groups is 2. The molecule has 1 aliphatic heterocycles. The topological polar surface area (TPSA) is 55.8 Å². The average molecular weight is 482 g/mol. The summed E-state index contributed by atoms with van der Waals surface area (Å²) in [6, 6.07) is 9.81. The van der Waals surface area contributed by atoms with Crippen LogP contribution in [0.3, 0.4) is 0 Å². The molecule has 1 heterocycles. The van der Waals surface area contributed by atoms with E-state index in [1.165, 1.54) is 17.0 Å². The number of ether oxygens (including phenoxy) is 2. The second-order valence-corrected chi connectivity index (χ2v) is 8.42. The fourth-order valence-corrected chi connectivity index (χ4v) is 4.70. The van der Waals surface area contributed by atoms with Gasteiger partial charge < -0.3 is 9.47 Å². The Morgan fingerprint density at radius 3 is 2.45 bits per heavy atom. The Kier molecular flexibility index (Phi) is 7.18. The first-order valence-electron chi connectivity index (χ1n) is 9.27. The van der Waals surface area contributed by atoms with Crippen molar-refractivity contribution in [1.82, 2.24) is 4.90 Å². The first kappa shape index (κ1) is 21.6. The first-order valence-corrected chi connectivity index (χ1v) is 10.9. The van der Waals surface area contributed by atoms with Gasteiger partial charge in [0, 0.05) is 6.54 Å². The second-order valence-electron chi connectivity index (χ2n) is 6.41. The molecule has 1 fully saturated rings. The predicted octanol–water partition coefficient (Wildman–Crippen LogP) is 5.19. The van der Waals surface area contributed by atoms with Gasteiger partial charge in [0.2, 0.25) is 5.91 Å². The Bertz CT molecular complexity index is 906. The van der Waals surface area contributed by atoms with Crippen LogP contribution in [0.1, 0.15) is 25.0 Å². The molecule has 0 aromatic heterocycles. The largest absolute Gasteiger partial charge is 0.490 e. The van der Waals surface area contributed by atoms with E-state index >= 15 is 0 Å². The lowest BCUT2D eigenvalue weighted by Gasteiger charge is -2.16. The van der Waals surface area contributed by atoms with Crippen LogP contribution in [0.4, 0.5) is 9.18 Å². The molecular formula is C21H21BrFNO4S. The molecule has 5 nitrogen and oxygen atoms in total. The Morgan fingerprint density at radius 1 is 1.10 bits per heavy atom. The number of rotatable bonds is 8. The third kappa shape index (κ3) is 5.11. The van der Waals surface area contributed by atoms with Crippen molar-refractivity contribution in [3.8, 4) is 11.5 Å². The highest BCUT2D eigenvalue weighted by Crippen LogP contribution is 2.39. The van der Waals surface area contributed by atoms with E-state index < -0.39 is 5.25 Å². The summed E-state index contributed by atoms with van der Waals surface area (Å²) in [4.78, 5) is 25.6. The summed E-state index contributed by atoms with van der Waals surface area (Å²) in [5.74, 6) is 0.631. The standard InChI is InChI=1S/C21H21BrFNO4S/c1-3-24-20(25)18(29-21(24)26)11-14-9-16(22)19(17(10-14)27-4-2)28-12-13-5-7-15(23)8-6-13/h5-10,18H,3-4,11-12H2,1-2H3/t18-/m0/s1. The molecule has 1 saturated heterocycles. The van der Waals surface area contributed by atoms with Crippen molar-refractivity contribution in [3.63, 3.8) is 0 Å². The fraction of sp³-hybridized carbons (Fsp3) is 0.333. The van der Waals surface area contributed by atoms with Crippen molar-refractivity contribution in [1.29, 1.82) is 0 Å². The Balaban J connectivity index is 1.78. The van der Waals surface area contributed by atoms with E-state index in [2.05, 4.69) is 15.9 Å². The zero-order valence-electron chi connectivity index (χ0n) is 16.1. The van der Waals surface area contributed by atoms with Gasteiger partial charge in [0.25, 0.3) is 5.24 Å². The van der Waals surface area contributed by atoms with Crippen molar-refractivity contribution in [2.45, 2.75) is 32.1 Å². The lowest BCUT2D eigenvalue weighted by atomic mass is 10.1. The van der Waals surface area contributed by atoms with Gasteiger partial charge in [0.05, 0.1) is 16.3 Å². The van der Waals surface area contributed by atoms with E-state index in [1.807, 2.05) is 19.1 Å². The lowest BCUT2D eigenvalue weighted by Crippen LogP contribution is -2.31. The van der Waals surface area contributed by atoms with Crippen LogP contribution >= 0.6 is 27.7 Å². The van der Waals surface area contributed by atoms with Gasteiger partial charge in [-0.3, -0.25) is 14.5 Å². The van der Waals surface area contributed by atoms with Gasteiger partial charge in [-0.1, -0.05) is 23.9 Å². The Hall–Kier alpha value is -2.06. The van der Waals surface area contributed by atoms with Gasteiger partial charge in [-0.05, 0) is 71.6 Å². The van der Waals surface area contributed by atoms with Crippen LogP contribution in [0, 0.1) is 5.82 Å². The minimum atomic E-state index is -0.435. The van der Waals surface area contributed by atoms with Crippen molar-refractivity contribution < 1.29 is 23.5 Å². The van der Waals surface area contributed by atoms with E-state index in [1.54, 1.807) is 19.1 Å². The molecule has 0 bridgehead atoms. The molecule has 29 heavy (non-hydrogen) atoms. The average Bonchev–Trinajstić information content (AvgIpc) is 2.95. The zero-order chi connectivity index (χ0) is 21.0. The summed E-state index contributed by atoms with van der Waals surface area (Å²) in [7, 11) is 0. The van der Waals surface area contributed by atoms with E-state index in [0.717, 1.165) is 22.9 Å². The number of hydrogen-bond acceptors (Lipinski definition) is 5. The number of benzene rings is 2. The molecule has 0 unspecified atom stereocenters. The fourth-order valence-electron chi connectivity index (χ4n) is 3.01. The van der Waals surface area contributed by atoms with Crippen LogP contribution in [-0.2, 0) is 17.8 Å². The molecule has 0 spiro atoms. The monoisotopic (exact) mass is 481 g/mol. The molecule has 0 N–H and O–H groups in total. The van der Waals surface area contributed by atoms with Gasteiger partial charge in [0.15, 0.2) is 11.5 Å². The summed E-state index contributed by atoms with van der Waals surface area (Å²) in [6.07, 6.45) is 0.419. The summed E-state index contributed by atoms with van der Waals surface area (Å²) in [5, 5.41) is -0.638. The Labute approximate surface area is 181 Å². The minimum Gasteiger partial charge on any atom is -0.490 e. The number of amides is 2. The number of thioether (sulfide) groups is 1. The van der Waals surface area contributed by atoms with Gasteiger partial charge >= 0.3 is 0 Å². The summed E-state index contributed by atoms with van der Waals surface area (Å²) in [6.45, 7) is 4.75. The molecule has 1 aliphatic rings. The van der Waals surface area contributed by atoms with Crippen LogP contribution in [-0.4, -0.2) is 34.4 Å². The molecule has 8 heteroatoms. The van der Waals surface area contributed by atoms with Crippen molar-refractivity contribution >= 4 is 38.8 Å². The molecule has 2 amide bonds. The number of halogens is 2. The Morgan fingerprint density at radius 2 is 1.83 bits per heavy atom. The quantitative estimate of drug-likeness (QED) is 0.518. The second kappa shape index (κ2) is 9.63. The van der Waals surface area contributed by atoms with Gasteiger partial charge in [-0.25, -0.2) is 4.39 Å². The van der Waals surface area contributed by atoms with Crippen molar-refractivity contribution in [3.05, 3.63) is 57.8 Å². The molecular weight excluding hydrogens is 461 g/mol. The number of nitrogens with zero attached hydrogens (tertiary/aromatic N) is 1. The molecule has 154 valence electrons. The van der Waals surface area contributed by atoms with Gasteiger partial charge in [0.1, 0.15) is 12.4 Å². The number of carbonyl (C=O) groups excluding carboxylic acids is 2. The van der Waals surface area contributed by atoms with E-state index in [4.69, 9.17) is 9.47 Å². The number of imide groups is 1. The molecule has 0 radical (unpaired) electrons. The summed E-state index contributed by atoms with van der Waals surface area (Å²) < 4.78 is 25.4. The molecule has 3 rings (SSSR count). The zero-order valence-corrected chi connectivity index (χ0v) is 18.5. The summed E-state index contributed by atoms with van der Waals surface area (Å²) >= 11 is 4.58. The molecule has 0 saturated carbocycles.